The van der Waals surface area contributed by atoms with Crippen LogP contribution < -0.4 is 0 Å². The fraction of sp³-hybridized carbons (Fsp3) is 0.846. The van der Waals surface area contributed by atoms with Crippen molar-refractivity contribution < 1.29 is 0 Å². The van der Waals surface area contributed by atoms with Crippen LogP contribution in [0.25, 0.3) is 0 Å². The van der Waals surface area contributed by atoms with Crippen LogP contribution in [0.15, 0.2) is 6.33 Å². The van der Waals surface area contributed by atoms with Gasteiger partial charge >= 0.3 is 0 Å². The molecule has 0 aliphatic carbocycles. The molecular weight excluding hydrogens is 292 g/mol. The first-order valence-electron chi connectivity index (χ1n) is 6.82. The average Bonchev–Trinajstić information content (AvgIpc) is 2.73. The van der Waals surface area contributed by atoms with Gasteiger partial charge in [-0.05, 0) is 18.9 Å². The van der Waals surface area contributed by atoms with Crippen LogP contribution in [0.3, 0.4) is 0 Å². The van der Waals surface area contributed by atoms with Crippen LogP contribution in [0.2, 0.25) is 0 Å². The first-order valence-corrected chi connectivity index (χ1v) is 7.94. The molecule has 1 heterocycles. The molecule has 0 unspecified atom stereocenters. The summed E-state index contributed by atoms with van der Waals surface area (Å²) in [6.45, 7) is 10.7. The molecule has 0 amide bonds. The Hall–Kier alpha value is -0.420. The minimum Gasteiger partial charge on any atom is -0.295 e. The van der Waals surface area contributed by atoms with E-state index in [2.05, 4.69) is 51.7 Å². The van der Waals surface area contributed by atoms with E-state index < -0.39 is 0 Å². The zero-order valence-corrected chi connectivity index (χ0v) is 13.4. The second-order valence-electron chi connectivity index (χ2n) is 5.07. The quantitative estimate of drug-likeness (QED) is 0.657. The Labute approximate surface area is 119 Å². The molecule has 1 rings (SSSR count). The summed E-state index contributed by atoms with van der Waals surface area (Å²) in [5.74, 6) is 1.69. The molecule has 0 atom stereocenters. The Balaban J connectivity index is 2.59. The maximum absolute atomic E-state index is 4.39. The van der Waals surface area contributed by atoms with Crippen LogP contribution in [-0.2, 0) is 13.1 Å². The first-order chi connectivity index (χ1) is 8.67. The second-order valence-corrected chi connectivity index (χ2v) is 5.86. The second kappa shape index (κ2) is 8.64. The van der Waals surface area contributed by atoms with Gasteiger partial charge in [0.2, 0.25) is 0 Å². The van der Waals surface area contributed by atoms with Crippen molar-refractivity contribution in [2.24, 2.45) is 5.92 Å². The zero-order valence-electron chi connectivity index (χ0n) is 11.8. The number of halogens is 1. The minimum atomic E-state index is 0.603. The van der Waals surface area contributed by atoms with E-state index in [0.29, 0.717) is 5.92 Å². The lowest BCUT2D eigenvalue weighted by atomic mass is 10.2. The third-order valence-electron chi connectivity index (χ3n) is 2.83. The van der Waals surface area contributed by atoms with Crippen LogP contribution in [-0.4, -0.2) is 38.1 Å². The van der Waals surface area contributed by atoms with Crippen molar-refractivity contribution in [2.45, 2.75) is 46.7 Å². The molecule has 104 valence electrons. The molecular formula is C13H25BrN4. The van der Waals surface area contributed by atoms with Gasteiger partial charge in [0, 0.05) is 18.4 Å². The Bertz CT molecular complexity index is 325. The lowest BCUT2D eigenvalue weighted by molar-refractivity contribution is 0.263. The highest BCUT2D eigenvalue weighted by atomic mass is 79.9. The van der Waals surface area contributed by atoms with E-state index in [4.69, 9.17) is 0 Å². The van der Waals surface area contributed by atoms with E-state index in [9.17, 15) is 0 Å². The zero-order chi connectivity index (χ0) is 13.4. The lowest BCUT2D eigenvalue weighted by Gasteiger charge is -2.21. The summed E-state index contributed by atoms with van der Waals surface area (Å²) in [5, 5.41) is 5.33. The fourth-order valence-corrected chi connectivity index (χ4v) is 2.38. The maximum Gasteiger partial charge on any atom is 0.141 e. The monoisotopic (exact) mass is 316 g/mol. The van der Waals surface area contributed by atoms with Gasteiger partial charge in [0.1, 0.15) is 12.2 Å². The SMILES string of the molecule is CCCCN(CCBr)Cc1ncnn1CC(C)C. The van der Waals surface area contributed by atoms with Crippen molar-refractivity contribution in [3.05, 3.63) is 12.2 Å². The summed E-state index contributed by atoms with van der Waals surface area (Å²) < 4.78 is 2.04. The van der Waals surface area contributed by atoms with E-state index >= 15 is 0 Å². The largest absolute Gasteiger partial charge is 0.295 e. The van der Waals surface area contributed by atoms with Crippen molar-refractivity contribution in [3.8, 4) is 0 Å². The number of rotatable bonds is 9. The van der Waals surface area contributed by atoms with Crippen molar-refractivity contribution in [1.82, 2.24) is 19.7 Å². The van der Waals surface area contributed by atoms with Crippen LogP contribution in [0.1, 0.15) is 39.4 Å². The predicted octanol–water partition coefficient (Wildman–Crippen LogP) is 2.93. The topological polar surface area (TPSA) is 34.0 Å². The molecule has 5 heteroatoms. The van der Waals surface area contributed by atoms with Crippen LogP contribution in [0, 0.1) is 5.92 Å². The first kappa shape index (κ1) is 15.6. The van der Waals surface area contributed by atoms with Gasteiger partial charge in [0.15, 0.2) is 0 Å². The number of nitrogens with zero attached hydrogens (tertiary/aromatic N) is 4. The number of hydrogen-bond donors (Lipinski definition) is 0. The van der Waals surface area contributed by atoms with Gasteiger partial charge in [-0.1, -0.05) is 43.1 Å². The number of aromatic nitrogens is 3. The molecule has 0 fully saturated rings. The Morgan fingerprint density at radius 2 is 2.17 bits per heavy atom. The maximum atomic E-state index is 4.39. The molecule has 0 N–H and O–H groups in total. The molecule has 0 saturated carbocycles. The molecule has 0 spiro atoms. The van der Waals surface area contributed by atoms with E-state index in [0.717, 1.165) is 37.3 Å². The summed E-state index contributed by atoms with van der Waals surface area (Å²) >= 11 is 3.52. The highest BCUT2D eigenvalue weighted by Gasteiger charge is 2.11. The number of hydrogen-bond acceptors (Lipinski definition) is 3. The molecule has 0 aliphatic heterocycles. The van der Waals surface area contributed by atoms with Crippen molar-refractivity contribution in [1.29, 1.82) is 0 Å². The molecule has 0 aliphatic rings. The molecule has 0 radical (unpaired) electrons. The van der Waals surface area contributed by atoms with Gasteiger partial charge in [-0.2, -0.15) is 5.10 Å². The van der Waals surface area contributed by atoms with E-state index in [-0.39, 0.29) is 0 Å². The number of unbranched alkanes of at least 4 members (excludes halogenated alkanes) is 1. The standard InChI is InChI=1S/C13H25BrN4/c1-4-5-7-17(8-6-14)10-13-15-11-16-18(13)9-12(2)3/h11-12H,4-10H2,1-3H3. The van der Waals surface area contributed by atoms with Crippen LogP contribution >= 0.6 is 15.9 Å². The Morgan fingerprint density at radius 3 is 2.78 bits per heavy atom. The Morgan fingerprint density at radius 1 is 1.39 bits per heavy atom. The van der Waals surface area contributed by atoms with E-state index in [1.165, 1.54) is 12.8 Å². The highest BCUT2D eigenvalue weighted by Crippen LogP contribution is 2.06. The lowest BCUT2D eigenvalue weighted by Crippen LogP contribution is -2.28. The molecule has 1 aromatic rings. The molecule has 0 aromatic carbocycles. The molecule has 4 nitrogen and oxygen atoms in total. The van der Waals surface area contributed by atoms with E-state index in [1.807, 2.05) is 4.68 Å². The van der Waals surface area contributed by atoms with E-state index in [1.54, 1.807) is 6.33 Å². The fourth-order valence-electron chi connectivity index (χ4n) is 1.88. The van der Waals surface area contributed by atoms with Gasteiger partial charge < -0.3 is 0 Å². The van der Waals surface area contributed by atoms with Gasteiger partial charge in [-0.15, -0.1) is 0 Å². The smallest absolute Gasteiger partial charge is 0.141 e. The third kappa shape index (κ3) is 5.48. The van der Waals surface area contributed by atoms with Crippen molar-refractivity contribution in [3.63, 3.8) is 0 Å². The summed E-state index contributed by atoms with van der Waals surface area (Å²) in [6.07, 6.45) is 4.15. The highest BCUT2D eigenvalue weighted by molar-refractivity contribution is 9.09. The molecule has 18 heavy (non-hydrogen) atoms. The summed E-state index contributed by atoms with van der Waals surface area (Å²) in [6, 6.07) is 0. The van der Waals surface area contributed by atoms with Crippen molar-refractivity contribution in [2.75, 3.05) is 18.4 Å². The van der Waals surface area contributed by atoms with Crippen LogP contribution in [0.4, 0.5) is 0 Å². The van der Waals surface area contributed by atoms with Crippen molar-refractivity contribution >= 4 is 15.9 Å². The number of alkyl halides is 1. The minimum absolute atomic E-state index is 0.603. The normalized spacial score (nSPS) is 11.7. The van der Waals surface area contributed by atoms with Gasteiger partial charge in [-0.25, -0.2) is 9.67 Å². The average molecular weight is 317 g/mol. The predicted molar refractivity (Wildman–Crippen MR) is 78.8 cm³/mol. The summed E-state index contributed by atoms with van der Waals surface area (Å²) in [7, 11) is 0. The third-order valence-corrected chi connectivity index (χ3v) is 3.18. The molecule has 0 bridgehead atoms. The van der Waals surface area contributed by atoms with Gasteiger partial charge in [0.05, 0.1) is 6.54 Å². The van der Waals surface area contributed by atoms with Gasteiger partial charge in [0.25, 0.3) is 0 Å². The van der Waals surface area contributed by atoms with Gasteiger partial charge in [-0.3, -0.25) is 4.90 Å². The summed E-state index contributed by atoms with van der Waals surface area (Å²) in [5.41, 5.74) is 0. The summed E-state index contributed by atoms with van der Waals surface area (Å²) in [4.78, 5) is 6.84. The molecule has 1 aromatic heterocycles. The molecule has 0 saturated heterocycles. The Kier molecular flexibility index (Phi) is 7.51. The van der Waals surface area contributed by atoms with Crippen LogP contribution in [0.5, 0.6) is 0 Å².